The van der Waals surface area contributed by atoms with Crippen molar-refractivity contribution in [2.75, 3.05) is 0 Å². The molecular weight excluding hydrogens is 220 g/mol. The number of fused-ring (bicyclic) bond motifs is 1. The fourth-order valence-corrected chi connectivity index (χ4v) is 3.05. The van der Waals surface area contributed by atoms with Crippen LogP contribution < -0.4 is 4.74 Å². The van der Waals surface area contributed by atoms with Gasteiger partial charge in [0, 0.05) is 6.42 Å². The molecule has 3 N–H and O–H groups in total. The van der Waals surface area contributed by atoms with Crippen molar-refractivity contribution in [3.8, 4) is 17.2 Å². The van der Waals surface area contributed by atoms with Crippen molar-refractivity contribution in [1.29, 1.82) is 0 Å². The number of rotatable bonds is 0. The number of aliphatic hydroxyl groups excluding tert-OH is 1. The van der Waals surface area contributed by atoms with Crippen LogP contribution in [-0.2, 0) is 0 Å². The molecule has 0 amide bonds. The molecule has 1 unspecified atom stereocenters. The monoisotopic (exact) mass is 236 g/mol. The Morgan fingerprint density at radius 3 is 2.47 bits per heavy atom. The van der Waals surface area contributed by atoms with Crippen molar-refractivity contribution >= 4 is 0 Å². The van der Waals surface area contributed by atoms with Crippen molar-refractivity contribution in [3.05, 3.63) is 17.7 Å². The van der Waals surface area contributed by atoms with Crippen LogP contribution in [0.15, 0.2) is 12.1 Å². The number of ether oxygens (including phenoxy) is 1. The first-order valence-corrected chi connectivity index (χ1v) is 6.03. The summed E-state index contributed by atoms with van der Waals surface area (Å²) in [6, 6.07) is 2.78. The zero-order valence-corrected chi connectivity index (χ0v) is 9.52. The smallest absolute Gasteiger partial charge is 0.171 e. The molecule has 1 aromatic carbocycles. The lowest BCUT2D eigenvalue weighted by atomic mass is 9.87. The van der Waals surface area contributed by atoms with Crippen molar-refractivity contribution in [2.24, 2.45) is 0 Å². The molecule has 92 valence electrons. The third-order valence-corrected chi connectivity index (χ3v) is 3.88. The Bertz CT molecular complexity index is 449. The molecule has 1 spiro atoms. The average Bonchev–Trinajstić information content (AvgIpc) is 2.71. The van der Waals surface area contributed by atoms with Crippen LogP contribution in [0.1, 0.15) is 43.8 Å². The summed E-state index contributed by atoms with van der Waals surface area (Å²) in [4.78, 5) is 0. The number of aliphatic hydroxyl groups is 1. The molecule has 0 bridgehead atoms. The maximum Gasteiger partial charge on any atom is 0.171 e. The van der Waals surface area contributed by atoms with Crippen LogP contribution >= 0.6 is 0 Å². The Balaban J connectivity index is 2.08. The van der Waals surface area contributed by atoms with Crippen LogP contribution in [0.2, 0.25) is 0 Å². The summed E-state index contributed by atoms with van der Waals surface area (Å²) in [5.74, 6) is 0.228. The normalized spacial score (nSPS) is 25.6. The fourth-order valence-electron chi connectivity index (χ4n) is 3.05. The maximum absolute atomic E-state index is 10.1. The summed E-state index contributed by atoms with van der Waals surface area (Å²) in [6.45, 7) is 0. The van der Waals surface area contributed by atoms with E-state index < -0.39 is 6.10 Å². The van der Waals surface area contributed by atoms with Crippen LogP contribution in [0.4, 0.5) is 0 Å². The van der Waals surface area contributed by atoms with E-state index in [1.165, 1.54) is 12.1 Å². The first kappa shape index (κ1) is 10.7. The SMILES string of the molecule is Oc1ccc(O)c2c1OC1(CCCC1)CC2O. The molecule has 1 heterocycles. The second-order valence-corrected chi connectivity index (χ2v) is 5.06. The Morgan fingerprint density at radius 2 is 1.76 bits per heavy atom. The maximum atomic E-state index is 10.1. The number of aromatic hydroxyl groups is 2. The van der Waals surface area contributed by atoms with Crippen molar-refractivity contribution in [2.45, 2.75) is 43.8 Å². The van der Waals surface area contributed by atoms with E-state index in [2.05, 4.69) is 0 Å². The molecule has 1 fully saturated rings. The van der Waals surface area contributed by atoms with E-state index in [0.717, 1.165) is 25.7 Å². The van der Waals surface area contributed by atoms with Crippen molar-refractivity contribution < 1.29 is 20.1 Å². The minimum atomic E-state index is -0.760. The molecule has 0 aromatic heterocycles. The third-order valence-electron chi connectivity index (χ3n) is 3.88. The number of phenols is 2. The van der Waals surface area contributed by atoms with E-state index in [1.807, 2.05) is 0 Å². The highest BCUT2D eigenvalue weighted by Gasteiger charge is 2.44. The van der Waals surface area contributed by atoms with Gasteiger partial charge in [-0.05, 0) is 37.8 Å². The van der Waals surface area contributed by atoms with E-state index in [1.54, 1.807) is 0 Å². The van der Waals surface area contributed by atoms with Gasteiger partial charge in [0.15, 0.2) is 11.5 Å². The molecule has 17 heavy (non-hydrogen) atoms. The molecule has 1 saturated carbocycles. The van der Waals surface area contributed by atoms with Gasteiger partial charge in [-0.15, -0.1) is 0 Å². The molecule has 2 aliphatic rings. The van der Waals surface area contributed by atoms with Gasteiger partial charge < -0.3 is 20.1 Å². The molecular formula is C13H16O4. The Labute approximate surface area is 99.5 Å². The Morgan fingerprint density at radius 1 is 1.12 bits per heavy atom. The minimum absolute atomic E-state index is 0.0113. The van der Waals surface area contributed by atoms with Gasteiger partial charge >= 0.3 is 0 Å². The Kier molecular flexibility index (Phi) is 2.23. The van der Waals surface area contributed by atoms with Gasteiger partial charge in [0.05, 0.1) is 11.7 Å². The molecule has 4 heteroatoms. The summed E-state index contributed by atoms with van der Waals surface area (Å²) in [5, 5.41) is 29.7. The highest BCUT2D eigenvalue weighted by molar-refractivity contribution is 5.55. The molecule has 0 saturated heterocycles. The topological polar surface area (TPSA) is 69.9 Å². The van der Waals surface area contributed by atoms with Crippen LogP contribution in [0.5, 0.6) is 17.2 Å². The standard InChI is InChI=1S/C13H16O4/c14-8-3-4-9(15)12-11(8)10(16)7-13(17-12)5-1-2-6-13/h3-4,10,14-16H,1-2,5-7H2. The highest BCUT2D eigenvalue weighted by Crippen LogP contribution is 2.52. The first-order valence-electron chi connectivity index (χ1n) is 6.03. The highest BCUT2D eigenvalue weighted by atomic mass is 16.5. The summed E-state index contributed by atoms with van der Waals surface area (Å²) in [7, 11) is 0. The van der Waals surface area contributed by atoms with Gasteiger partial charge in [0.2, 0.25) is 0 Å². The van der Waals surface area contributed by atoms with E-state index in [4.69, 9.17) is 4.74 Å². The number of benzene rings is 1. The third kappa shape index (κ3) is 1.55. The van der Waals surface area contributed by atoms with Gasteiger partial charge in [-0.2, -0.15) is 0 Å². The molecule has 3 rings (SSSR count). The summed E-state index contributed by atoms with van der Waals surface area (Å²) in [6.07, 6.45) is 3.71. The van der Waals surface area contributed by atoms with Gasteiger partial charge in [-0.1, -0.05) is 0 Å². The van der Waals surface area contributed by atoms with Gasteiger partial charge in [0.25, 0.3) is 0 Å². The van der Waals surface area contributed by atoms with Crippen LogP contribution in [-0.4, -0.2) is 20.9 Å². The average molecular weight is 236 g/mol. The molecule has 1 atom stereocenters. The lowest BCUT2D eigenvalue weighted by Gasteiger charge is -2.38. The van der Waals surface area contributed by atoms with Crippen molar-refractivity contribution in [1.82, 2.24) is 0 Å². The molecule has 0 radical (unpaired) electrons. The van der Waals surface area contributed by atoms with E-state index >= 15 is 0 Å². The quantitative estimate of drug-likeness (QED) is 0.604. The zero-order valence-electron chi connectivity index (χ0n) is 9.52. The van der Waals surface area contributed by atoms with E-state index in [0.29, 0.717) is 12.0 Å². The van der Waals surface area contributed by atoms with Gasteiger partial charge in [-0.3, -0.25) is 0 Å². The predicted molar refractivity (Wildman–Crippen MR) is 61.2 cm³/mol. The molecule has 1 aliphatic heterocycles. The van der Waals surface area contributed by atoms with Gasteiger partial charge in [0.1, 0.15) is 11.4 Å². The second-order valence-electron chi connectivity index (χ2n) is 5.06. The first-order chi connectivity index (χ1) is 8.11. The fraction of sp³-hybridized carbons (Fsp3) is 0.538. The van der Waals surface area contributed by atoms with E-state index in [-0.39, 0.29) is 22.8 Å². The second kappa shape index (κ2) is 3.53. The molecule has 1 aliphatic carbocycles. The van der Waals surface area contributed by atoms with E-state index in [9.17, 15) is 15.3 Å². The number of hydrogen-bond acceptors (Lipinski definition) is 4. The lowest BCUT2D eigenvalue weighted by Crippen LogP contribution is -2.38. The predicted octanol–water partition coefficient (Wildman–Crippen LogP) is 2.23. The summed E-state index contributed by atoms with van der Waals surface area (Å²) in [5.41, 5.74) is -0.0277. The van der Waals surface area contributed by atoms with Crippen LogP contribution in [0.25, 0.3) is 0 Å². The summed E-state index contributed by atoms with van der Waals surface area (Å²) < 4.78 is 5.89. The van der Waals surface area contributed by atoms with Gasteiger partial charge in [-0.25, -0.2) is 0 Å². The molecule has 4 nitrogen and oxygen atoms in total. The number of hydrogen-bond donors (Lipinski definition) is 3. The van der Waals surface area contributed by atoms with Crippen LogP contribution in [0, 0.1) is 0 Å². The molecule has 1 aromatic rings. The van der Waals surface area contributed by atoms with Crippen molar-refractivity contribution in [3.63, 3.8) is 0 Å². The minimum Gasteiger partial charge on any atom is -0.507 e. The number of phenolic OH excluding ortho intramolecular Hbond substituents is 2. The lowest BCUT2D eigenvalue weighted by molar-refractivity contribution is -0.0127. The van der Waals surface area contributed by atoms with Crippen LogP contribution in [0.3, 0.4) is 0 Å². The Hall–Kier alpha value is -1.42. The zero-order chi connectivity index (χ0) is 12.0. The largest absolute Gasteiger partial charge is 0.507 e. The summed E-state index contributed by atoms with van der Waals surface area (Å²) >= 11 is 0.